The number of nitrogens with zero attached hydrogens (tertiary/aromatic N) is 5. The highest BCUT2D eigenvalue weighted by molar-refractivity contribution is 5.83. The second kappa shape index (κ2) is 8.53. The van der Waals surface area contributed by atoms with E-state index in [0.29, 0.717) is 13.1 Å². The summed E-state index contributed by atoms with van der Waals surface area (Å²) in [6, 6.07) is 7.66. The number of hydrogen-bond acceptors (Lipinski definition) is 5. The van der Waals surface area contributed by atoms with E-state index in [-0.39, 0.29) is 18.0 Å². The van der Waals surface area contributed by atoms with Crippen molar-refractivity contribution >= 4 is 5.91 Å². The summed E-state index contributed by atoms with van der Waals surface area (Å²) in [6.07, 6.45) is 9.81. The third kappa shape index (κ3) is 4.19. The Morgan fingerprint density at radius 2 is 2.00 bits per heavy atom. The highest BCUT2D eigenvalue weighted by Gasteiger charge is 2.36. The molecule has 1 aliphatic rings. The molecule has 1 N–H and O–H groups in total. The van der Waals surface area contributed by atoms with Gasteiger partial charge in [0.1, 0.15) is 6.04 Å². The topological polar surface area (TPSA) is 75.9 Å². The molecule has 3 aromatic rings. The highest BCUT2D eigenvalue weighted by Crippen LogP contribution is 2.32. The van der Waals surface area contributed by atoms with E-state index >= 15 is 0 Å². The Hall–Kier alpha value is -3.06. The Labute approximate surface area is 170 Å². The number of pyridine rings is 2. The van der Waals surface area contributed by atoms with Gasteiger partial charge in [-0.05, 0) is 43.2 Å². The van der Waals surface area contributed by atoms with Crippen LogP contribution < -0.4 is 5.32 Å². The van der Waals surface area contributed by atoms with Gasteiger partial charge >= 0.3 is 0 Å². The van der Waals surface area contributed by atoms with Gasteiger partial charge in [0.2, 0.25) is 5.91 Å². The zero-order valence-corrected chi connectivity index (χ0v) is 16.8. The van der Waals surface area contributed by atoms with Crippen LogP contribution in [-0.4, -0.2) is 36.9 Å². The van der Waals surface area contributed by atoms with E-state index in [1.54, 1.807) is 18.6 Å². The van der Waals surface area contributed by atoms with Crippen molar-refractivity contribution in [2.75, 3.05) is 6.54 Å². The molecule has 1 atom stereocenters. The lowest BCUT2D eigenvalue weighted by atomic mass is 10.00. The Kier molecular flexibility index (Phi) is 5.67. The van der Waals surface area contributed by atoms with Crippen LogP contribution >= 0.6 is 0 Å². The third-order valence-corrected chi connectivity index (χ3v) is 5.30. The summed E-state index contributed by atoms with van der Waals surface area (Å²) < 4.78 is 2.13. The number of nitrogens with one attached hydrogen (secondary N) is 1. The lowest BCUT2D eigenvalue weighted by molar-refractivity contribution is -0.127. The molecule has 0 aromatic carbocycles. The maximum Gasteiger partial charge on any atom is 0.243 e. The van der Waals surface area contributed by atoms with E-state index in [4.69, 9.17) is 0 Å². The lowest BCUT2D eigenvalue weighted by Crippen LogP contribution is -2.45. The molecular weight excluding hydrogens is 364 g/mol. The van der Waals surface area contributed by atoms with Crippen LogP contribution in [0.2, 0.25) is 0 Å². The minimum atomic E-state index is -0.384. The van der Waals surface area contributed by atoms with Gasteiger partial charge in [0, 0.05) is 56.9 Å². The molecule has 0 saturated carbocycles. The van der Waals surface area contributed by atoms with Gasteiger partial charge in [-0.3, -0.25) is 19.7 Å². The van der Waals surface area contributed by atoms with E-state index in [9.17, 15) is 4.79 Å². The summed E-state index contributed by atoms with van der Waals surface area (Å²) >= 11 is 0. The summed E-state index contributed by atoms with van der Waals surface area (Å²) in [6.45, 7) is 6.17. The number of hydrogen-bond donors (Lipinski definition) is 1. The molecule has 7 heteroatoms. The van der Waals surface area contributed by atoms with Crippen molar-refractivity contribution in [1.82, 2.24) is 29.7 Å². The minimum Gasteiger partial charge on any atom is -0.350 e. The van der Waals surface area contributed by atoms with Crippen molar-refractivity contribution in [3.63, 3.8) is 0 Å². The first kappa shape index (κ1) is 19.3. The molecule has 4 rings (SSSR count). The number of rotatable bonds is 6. The number of aromatic nitrogens is 4. The predicted octanol–water partition coefficient (Wildman–Crippen LogP) is 2.67. The monoisotopic (exact) mass is 390 g/mol. The molecule has 0 saturated heterocycles. The van der Waals surface area contributed by atoms with Crippen molar-refractivity contribution in [2.45, 2.75) is 45.4 Å². The number of carbonyl (C=O) groups excluding carboxylic acids is 1. The van der Waals surface area contributed by atoms with Gasteiger partial charge in [-0.1, -0.05) is 6.07 Å². The molecule has 1 aliphatic heterocycles. The van der Waals surface area contributed by atoms with Crippen LogP contribution in [0.5, 0.6) is 0 Å². The Bertz CT molecular complexity index is 954. The number of carbonyl (C=O) groups is 1. The molecular formula is C22H26N6O. The second-order valence-electron chi connectivity index (χ2n) is 7.64. The van der Waals surface area contributed by atoms with Crippen LogP contribution in [0.1, 0.15) is 48.4 Å². The minimum absolute atomic E-state index is 0.00551. The van der Waals surface area contributed by atoms with Gasteiger partial charge in [-0.25, -0.2) is 4.98 Å². The lowest BCUT2D eigenvalue weighted by Gasteiger charge is -2.35. The fourth-order valence-corrected chi connectivity index (χ4v) is 3.84. The molecule has 4 heterocycles. The Morgan fingerprint density at radius 3 is 2.72 bits per heavy atom. The summed E-state index contributed by atoms with van der Waals surface area (Å²) in [4.78, 5) is 28.5. The van der Waals surface area contributed by atoms with Gasteiger partial charge in [-0.15, -0.1) is 0 Å². The fraction of sp³-hybridized carbons (Fsp3) is 0.364. The van der Waals surface area contributed by atoms with Crippen molar-refractivity contribution in [1.29, 1.82) is 0 Å². The first-order valence-corrected chi connectivity index (χ1v) is 9.98. The van der Waals surface area contributed by atoms with Gasteiger partial charge in [0.05, 0.1) is 17.7 Å². The molecule has 1 amide bonds. The normalized spacial score (nSPS) is 16.6. The van der Waals surface area contributed by atoms with Crippen LogP contribution in [0.3, 0.4) is 0 Å². The smallest absolute Gasteiger partial charge is 0.243 e. The molecule has 0 radical (unpaired) electrons. The zero-order valence-electron chi connectivity index (χ0n) is 16.8. The summed E-state index contributed by atoms with van der Waals surface area (Å²) in [5.41, 5.74) is 4.15. The predicted molar refractivity (Wildman–Crippen MR) is 110 cm³/mol. The standard InChI is InChI=1S/C22H26N6O/c1-16(2)28-15-26-19-7-11-27(14-18-4-3-8-24-12-18)21(20(19)28)22(29)25-13-17-5-9-23-10-6-17/h3-6,8-10,12,15-16,21H,7,11,13-14H2,1-2H3,(H,25,29)/t21-/m1/s1. The molecule has 150 valence electrons. The van der Waals surface area contributed by atoms with Gasteiger partial charge in [-0.2, -0.15) is 0 Å². The molecule has 0 spiro atoms. The van der Waals surface area contributed by atoms with E-state index in [0.717, 1.165) is 35.5 Å². The van der Waals surface area contributed by atoms with Crippen LogP contribution in [0.4, 0.5) is 0 Å². The summed E-state index contributed by atoms with van der Waals surface area (Å²) in [5, 5.41) is 3.12. The molecule has 0 fully saturated rings. The summed E-state index contributed by atoms with van der Waals surface area (Å²) in [5.74, 6) is -0.00551. The maximum atomic E-state index is 13.4. The molecule has 3 aromatic heterocycles. The average Bonchev–Trinajstić information content (AvgIpc) is 3.18. The van der Waals surface area contributed by atoms with Gasteiger partial charge in [0.25, 0.3) is 0 Å². The Morgan fingerprint density at radius 1 is 1.17 bits per heavy atom. The molecule has 0 unspecified atom stereocenters. The van der Waals surface area contributed by atoms with E-state index in [2.05, 4.69) is 43.6 Å². The van der Waals surface area contributed by atoms with Gasteiger partial charge in [0.15, 0.2) is 0 Å². The zero-order chi connectivity index (χ0) is 20.2. The molecule has 0 bridgehead atoms. The van der Waals surface area contributed by atoms with Crippen LogP contribution in [-0.2, 0) is 24.3 Å². The molecule has 29 heavy (non-hydrogen) atoms. The number of imidazole rings is 1. The average molecular weight is 390 g/mol. The van der Waals surface area contributed by atoms with Gasteiger partial charge < -0.3 is 9.88 Å². The Balaban J connectivity index is 1.62. The first-order chi connectivity index (χ1) is 14.1. The summed E-state index contributed by atoms with van der Waals surface area (Å²) in [7, 11) is 0. The van der Waals surface area contributed by atoms with Crippen molar-refractivity contribution < 1.29 is 4.79 Å². The third-order valence-electron chi connectivity index (χ3n) is 5.30. The highest BCUT2D eigenvalue weighted by atomic mass is 16.2. The van der Waals surface area contributed by atoms with Crippen LogP contribution in [0.15, 0.2) is 55.4 Å². The quantitative estimate of drug-likeness (QED) is 0.700. The fourth-order valence-electron chi connectivity index (χ4n) is 3.84. The molecule has 0 aliphatic carbocycles. The number of amides is 1. The van der Waals surface area contributed by atoms with Crippen molar-refractivity contribution in [3.05, 3.63) is 77.9 Å². The number of fused-ring (bicyclic) bond motifs is 1. The SMILES string of the molecule is CC(C)n1cnc2c1[C@H](C(=O)NCc1ccncc1)N(Cc1cccnc1)CC2. The largest absolute Gasteiger partial charge is 0.350 e. The van der Waals surface area contributed by atoms with Crippen molar-refractivity contribution in [3.8, 4) is 0 Å². The van der Waals surface area contributed by atoms with Crippen LogP contribution in [0, 0.1) is 0 Å². The molecule has 7 nitrogen and oxygen atoms in total. The van der Waals surface area contributed by atoms with Crippen molar-refractivity contribution in [2.24, 2.45) is 0 Å². The van der Waals surface area contributed by atoms with E-state index < -0.39 is 0 Å². The van der Waals surface area contributed by atoms with Crippen LogP contribution in [0.25, 0.3) is 0 Å². The van der Waals surface area contributed by atoms with E-state index in [1.807, 2.05) is 36.8 Å². The van der Waals surface area contributed by atoms with E-state index in [1.165, 1.54) is 0 Å². The maximum absolute atomic E-state index is 13.4. The second-order valence-corrected chi connectivity index (χ2v) is 7.64. The first-order valence-electron chi connectivity index (χ1n) is 9.98.